The monoisotopic (exact) mass is 319 g/mol. The van der Waals surface area contributed by atoms with Gasteiger partial charge in [-0.2, -0.15) is 0 Å². The molecule has 0 radical (unpaired) electrons. The molecule has 0 saturated carbocycles. The molecule has 2 aromatic rings. The number of rotatable bonds is 4. The molecule has 0 atom stereocenters. The summed E-state index contributed by atoms with van der Waals surface area (Å²) < 4.78 is 12.2. The van der Waals surface area contributed by atoms with Crippen molar-refractivity contribution < 1.29 is 14.6 Å². The number of nitrogens with zero attached hydrogens (tertiary/aromatic N) is 3. The number of ether oxygens (including phenoxy) is 2. The summed E-state index contributed by atoms with van der Waals surface area (Å²) in [5.41, 5.74) is -0.826. The topological polar surface area (TPSA) is 95.0 Å². The van der Waals surface area contributed by atoms with Crippen molar-refractivity contribution in [1.29, 1.82) is 0 Å². The number of aromatic hydroxyl groups is 1. The van der Waals surface area contributed by atoms with Crippen molar-refractivity contribution in [2.45, 2.75) is 0 Å². The first-order valence-electron chi connectivity index (χ1n) is 6.65. The molecule has 8 heteroatoms. The van der Waals surface area contributed by atoms with Crippen LogP contribution in [-0.2, 0) is 14.1 Å². The summed E-state index contributed by atoms with van der Waals surface area (Å²) in [6, 6.07) is 4.96. The molecule has 0 amide bonds. The van der Waals surface area contributed by atoms with E-state index in [4.69, 9.17) is 9.47 Å². The molecular weight excluding hydrogens is 302 g/mol. The number of hydrogen-bond acceptors (Lipinski definition) is 6. The first-order chi connectivity index (χ1) is 10.9. The van der Waals surface area contributed by atoms with Crippen molar-refractivity contribution in [2.75, 3.05) is 14.2 Å². The van der Waals surface area contributed by atoms with E-state index in [0.717, 1.165) is 9.13 Å². The number of aliphatic imine (C=N–C) groups is 1. The Morgan fingerprint density at radius 2 is 1.74 bits per heavy atom. The van der Waals surface area contributed by atoms with E-state index in [2.05, 4.69) is 4.99 Å². The van der Waals surface area contributed by atoms with E-state index in [1.165, 1.54) is 34.5 Å². The molecule has 1 aromatic heterocycles. The molecule has 0 saturated heterocycles. The number of aromatic nitrogens is 2. The van der Waals surface area contributed by atoms with Gasteiger partial charge < -0.3 is 14.6 Å². The summed E-state index contributed by atoms with van der Waals surface area (Å²) in [5.74, 6) is 0.592. The maximum absolute atomic E-state index is 12.1. The third-order valence-electron chi connectivity index (χ3n) is 3.38. The van der Waals surface area contributed by atoms with Gasteiger partial charge in [0.15, 0.2) is 11.5 Å². The molecule has 122 valence electrons. The zero-order chi connectivity index (χ0) is 17.1. The highest BCUT2D eigenvalue weighted by Gasteiger charge is 2.13. The Hall–Kier alpha value is -3.03. The van der Waals surface area contributed by atoms with Gasteiger partial charge in [-0.1, -0.05) is 0 Å². The zero-order valence-corrected chi connectivity index (χ0v) is 13.2. The van der Waals surface area contributed by atoms with E-state index in [1.54, 1.807) is 18.2 Å². The molecule has 23 heavy (non-hydrogen) atoms. The number of benzene rings is 1. The van der Waals surface area contributed by atoms with Gasteiger partial charge >= 0.3 is 5.69 Å². The van der Waals surface area contributed by atoms with E-state index in [-0.39, 0.29) is 5.56 Å². The summed E-state index contributed by atoms with van der Waals surface area (Å²) in [7, 11) is 5.72. The van der Waals surface area contributed by atoms with Crippen molar-refractivity contribution >= 4 is 11.9 Å². The second-order valence-corrected chi connectivity index (χ2v) is 4.74. The normalized spacial score (nSPS) is 11.0. The Morgan fingerprint density at radius 1 is 1.09 bits per heavy atom. The van der Waals surface area contributed by atoms with Crippen LogP contribution in [0.1, 0.15) is 5.56 Å². The fraction of sp³-hybridized carbons (Fsp3) is 0.267. The van der Waals surface area contributed by atoms with E-state index in [1.807, 2.05) is 0 Å². The minimum absolute atomic E-state index is 0.0793. The molecule has 2 rings (SSSR count). The third-order valence-corrected chi connectivity index (χ3v) is 3.38. The highest BCUT2D eigenvalue weighted by molar-refractivity contribution is 5.84. The van der Waals surface area contributed by atoms with Gasteiger partial charge in [0.05, 0.1) is 19.9 Å². The molecule has 0 spiro atoms. The molecule has 0 bridgehead atoms. The minimum atomic E-state index is -0.630. The van der Waals surface area contributed by atoms with Crippen LogP contribution in [-0.4, -0.2) is 34.7 Å². The second kappa shape index (κ2) is 6.39. The summed E-state index contributed by atoms with van der Waals surface area (Å²) in [5, 5.41) is 9.96. The SMILES string of the molecule is COc1ccc(N=Cc2c(O)n(C)c(=O)n(C)c2=O)cc1OC. The van der Waals surface area contributed by atoms with Crippen LogP contribution in [0, 0.1) is 0 Å². The van der Waals surface area contributed by atoms with E-state index < -0.39 is 17.1 Å². The standard InChI is InChI=1S/C15H17N3O5/c1-17-13(19)10(14(20)18(2)15(17)21)8-16-9-5-6-11(22-3)12(7-9)23-4/h5-8,19H,1-4H3. The van der Waals surface area contributed by atoms with Crippen LogP contribution in [0.4, 0.5) is 5.69 Å². The molecule has 1 N–H and O–H groups in total. The van der Waals surface area contributed by atoms with Crippen LogP contribution >= 0.6 is 0 Å². The molecular formula is C15H17N3O5. The Bertz CT molecular complexity index is 880. The van der Waals surface area contributed by atoms with E-state index in [9.17, 15) is 14.7 Å². The van der Waals surface area contributed by atoms with Crippen LogP contribution in [0.2, 0.25) is 0 Å². The van der Waals surface area contributed by atoms with Crippen LogP contribution < -0.4 is 20.7 Å². The molecule has 1 aromatic carbocycles. The fourth-order valence-electron chi connectivity index (χ4n) is 2.02. The van der Waals surface area contributed by atoms with Gasteiger partial charge in [-0.05, 0) is 12.1 Å². The molecule has 0 unspecified atom stereocenters. The van der Waals surface area contributed by atoms with Gasteiger partial charge in [-0.3, -0.25) is 18.9 Å². The van der Waals surface area contributed by atoms with Gasteiger partial charge in [0.1, 0.15) is 5.56 Å². The van der Waals surface area contributed by atoms with Crippen LogP contribution in [0.3, 0.4) is 0 Å². The zero-order valence-electron chi connectivity index (χ0n) is 13.2. The van der Waals surface area contributed by atoms with Gasteiger partial charge in [0, 0.05) is 26.4 Å². The Balaban J connectivity index is 2.50. The fourth-order valence-corrected chi connectivity index (χ4v) is 2.02. The smallest absolute Gasteiger partial charge is 0.333 e. The predicted molar refractivity (Wildman–Crippen MR) is 85.4 cm³/mol. The summed E-state index contributed by atoms with van der Waals surface area (Å²) >= 11 is 0. The van der Waals surface area contributed by atoms with Gasteiger partial charge in [0.2, 0.25) is 5.88 Å². The largest absolute Gasteiger partial charge is 0.494 e. The summed E-state index contributed by atoms with van der Waals surface area (Å²) in [6.45, 7) is 0. The van der Waals surface area contributed by atoms with Gasteiger partial charge in [-0.25, -0.2) is 4.79 Å². The lowest BCUT2D eigenvalue weighted by Gasteiger charge is -2.08. The summed E-state index contributed by atoms with van der Waals surface area (Å²) in [6.07, 6.45) is 1.21. The first kappa shape index (κ1) is 16.3. The molecule has 0 aliphatic carbocycles. The van der Waals surface area contributed by atoms with Crippen LogP contribution in [0.5, 0.6) is 17.4 Å². The second-order valence-electron chi connectivity index (χ2n) is 4.74. The maximum atomic E-state index is 12.1. The lowest BCUT2D eigenvalue weighted by molar-refractivity contribution is 0.355. The quantitative estimate of drug-likeness (QED) is 0.831. The number of methoxy groups -OCH3 is 2. The molecule has 0 fully saturated rings. The minimum Gasteiger partial charge on any atom is -0.494 e. The van der Waals surface area contributed by atoms with Crippen molar-refractivity contribution in [1.82, 2.24) is 9.13 Å². The molecule has 8 nitrogen and oxygen atoms in total. The first-order valence-corrected chi connectivity index (χ1v) is 6.65. The lowest BCUT2D eigenvalue weighted by atomic mass is 10.2. The highest BCUT2D eigenvalue weighted by atomic mass is 16.5. The lowest BCUT2D eigenvalue weighted by Crippen LogP contribution is -2.38. The molecule has 0 aliphatic rings. The van der Waals surface area contributed by atoms with Crippen molar-refractivity contribution in [3.8, 4) is 17.4 Å². The van der Waals surface area contributed by atoms with Crippen molar-refractivity contribution in [3.05, 3.63) is 44.6 Å². The van der Waals surface area contributed by atoms with Crippen LogP contribution in [0.15, 0.2) is 32.8 Å². The Labute approximate surface area is 131 Å². The number of hydrogen-bond donors (Lipinski definition) is 1. The van der Waals surface area contributed by atoms with Crippen molar-refractivity contribution in [2.24, 2.45) is 19.1 Å². The average Bonchev–Trinajstić information content (AvgIpc) is 2.57. The summed E-state index contributed by atoms with van der Waals surface area (Å²) in [4.78, 5) is 27.9. The molecule has 0 aliphatic heterocycles. The predicted octanol–water partition coefficient (Wildman–Crippen LogP) is 0.557. The highest BCUT2D eigenvalue weighted by Crippen LogP contribution is 2.30. The van der Waals surface area contributed by atoms with Gasteiger partial charge in [-0.15, -0.1) is 0 Å². The van der Waals surface area contributed by atoms with Crippen molar-refractivity contribution in [3.63, 3.8) is 0 Å². The molecule has 1 heterocycles. The Morgan fingerprint density at radius 3 is 2.35 bits per heavy atom. The van der Waals surface area contributed by atoms with Gasteiger partial charge in [0.25, 0.3) is 5.56 Å². The maximum Gasteiger partial charge on any atom is 0.333 e. The average molecular weight is 319 g/mol. The van der Waals surface area contributed by atoms with E-state index in [0.29, 0.717) is 17.2 Å². The third kappa shape index (κ3) is 2.96. The Kier molecular flexibility index (Phi) is 4.54. The van der Waals surface area contributed by atoms with Crippen LogP contribution in [0.25, 0.3) is 0 Å². The van der Waals surface area contributed by atoms with E-state index >= 15 is 0 Å².